The van der Waals surface area contributed by atoms with Gasteiger partial charge in [-0.1, -0.05) is 0 Å². The fraction of sp³-hybridized carbons (Fsp3) is 0.750. The van der Waals surface area contributed by atoms with Crippen LogP contribution in [-0.2, 0) is 0 Å². The van der Waals surface area contributed by atoms with Crippen molar-refractivity contribution in [2.24, 2.45) is 10.7 Å². The molecule has 0 radical (unpaired) electrons. The summed E-state index contributed by atoms with van der Waals surface area (Å²) < 4.78 is 0. The van der Waals surface area contributed by atoms with Gasteiger partial charge in [-0.25, -0.2) is 4.99 Å². The van der Waals surface area contributed by atoms with Gasteiger partial charge >= 0.3 is 0 Å². The van der Waals surface area contributed by atoms with Crippen LogP contribution in [0, 0.1) is 0 Å². The lowest BCUT2D eigenvalue weighted by atomic mass is 9.97. The first-order valence-corrected chi connectivity index (χ1v) is 5.14. The predicted octanol–water partition coefficient (Wildman–Crippen LogP) is -0.799. The molecule has 1 saturated heterocycles. The number of piperidine rings is 1. The number of thiocarbonyl (C=S) groups is 1. The molecular formula is C8H15N5S. The largest absolute Gasteiger partial charge is 0.370 e. The van der Waals surface area contributed by atoms with Gasteiger partial charge in [0.15, 0.2) is 11.1 Å². The van der Waals surface area contributed by atoms with E-state index in [2.05, 4.69) is 27.6 Å². The summed E-state index contributed by atoms with van der Waals surface area (Å²) in [5.74, 6) is 0.429. The predicted molar refractivity (Wildman–Crippen MR) is 60.0 cm³/mol. The number of guanidine groups is 1. The summed E-state index contributed by atoms with van der Waals surface area (Å²) in [5.41, 5.74) is 5.41. The molecule has 78 valence electrons. The lowest BCUT2D eigenvalue weighted by Crippen LogP contribution is -2.62. The van der Waals surface area contributed by atoms with Gasteiger partial charge in [0.25, 0.3) is 0 Å². The second kappa shape index (κ2) is 3.36. The van der Waals surface area contributed by atoms with Gasteiger partial charge in [-0.3, -0.25) is 0 Å². The van der Waals surface area contributed by atoms with Crippen LogP contribution in [0.4, 0.5) is 0 Å². The van der Waals surface area contributed by atoms with E-state index in [-0.39, 0.29) is 5.66 Å². The van der Waals surface area contributed by atoms with Crippen LogP contribution >= 0.6 is 12.2 Å². The second-order valence-electron chi connectivity index (χ2n) is 3.91. The molecule has 0 saturated carbocycles. The Morgan fingerprint density at radius 1 is 1.50 bits per heavy atom. The average Bonchev–Trinajstić information content (AvgIpc) is 2.09. The molecule has 0 atom stereocenters. The average molecular weight is 213 g/mol. The summed E-state index contributed by atoms with van der Waals surface area (Å²) in [5, 5.41) is 6.59. The van der Waals surface area contributed by atoms with E-state index in [0.29, 0.717) is 11.1 Å². The molecule has 0 unspecified atom stereocenters. The van der Waals surface area contributed by atoms with Crippen LogP contribution in [0.3, 0.4) is 0 Å². The topological polar surface area (TPSA) is 65.7 Å². The zero-order valence-corrected chi connectivity index (χ0v) is 9.02. The molecule has 0 amide bonds. The van der Waals surface area contributed by atoms with Crippen LogP contribution in [0.15, 0.2) is 4.99 Å². The Labute approximate surface area is 88.7 Å². The number of hydrogen-bond donors (Lipinski definition) is 3. The Morgan fingerprint density at radius 3 is 2.71 bits per heavy atom. The third kappa shape index (κ3) is 1.80. The van der Waals surface area contributed by atoms with Gasteiger partial charge in [0.05, 0.1) is 0 Å². The van der Waals surface area contributed by atoms with Gasteiger partial charge in [-0.15, -0.1) is 0 Å². The van der Waals surface area contributed by atoms with Gasteiger partial charge in [-0.2, -0.15) is 0 Å². The van der Waals surface area contributed by atoms with Crippen molar-refractivity contribution in [3.8, 4) is 0 Å². The van der Waals surface area contributed by atoms with Gasteiger partial charge in [0, 0.05) is 25.9 Å². The summed E-state index contributed by atoms with van der Waals surface area (Å²) in [4.78, 5) is 6.70. The van der Waals surface area contributed by atoms with Crippen molar-refractivity contribution in [1.29, 1.82) is 0 Å². The Morgan fingerprint density at radius 2 is 2.14 bits per heavy atom. The molecule has 2 heterocycles. The first-order valence-electron chi connectivity index (χ1n) is 4.73. The van der Waals surface area contributed by atoms with Crippen LogP contribution < -0.4 is 16.4 Å². The maximum absolute atomic E-state index is 5.66. The Bertz CT molecular complexity index is 279. The molecule has 14 heavy (non-hydrogen) atoms. The van der Waals surface area contributed by atoms with Crippen LogP contribution in [0.5, 0.6) is 0 Å². The first kappa shape index (κ1) is 9.67. The summed E-state index contributed by atoms with van der Waals surface area (Å²) in [7, 11) is 2.11. The molecule has 2 rings (SSSR count). The number of nitrogens with one attached hydrogen (secondary N) is 2. The molecule has 6 heteroatoms. The molecular weight excluding hydrogens is 198 g/mol. The zero-order valence-electron chi connectivity index (χ0n) is 8.21. The van der Waals surface area contributed by atoms with E-state index < -0.39 is 0 Å². The highest BCUT2D eigenvalue weighted by molar-refractivity contribution is 7.80. The number of aliphatic imine (C=N–C) groups is 1. The summed E-state index contributed by atoms with van der Waals surface area (Å²) in [6.45, 7) is 2.04. The summed E-state index contributed by atoms with van der Waals surface area (Å²) in [6.07, 6.45) is 1.90. The van der Waals surface area contributed by atoms with Crippen LogP contribution in [0.25, 0.3) is 0 Å². The van der Waals surface area contributed by atoms with E-state index in [1.54, 1.807) is 0 Å². The summed E-state index contributed by atoms with van der Waals surface area (Å²) >= 11 is 5.07. The van der Waals surface area contributed by atoms with Crippen molar-refractivity contribution in [2.75, 3.05) is 20.1 Å². The maximum atomic E-state index is 5.66. The molecule has 2 aliphatic rings. The Kier molecular flexibility index (Phi) is 2.32. The van der Waals surface area contributed by atoms with Gasteiger partial charge in [0.2, 0.25) is 0 Å². The smallest absolute Gasteiger partial charge is 0.197 e. The highest BCUT2D eigenvalue weighted by atomic mass is 32.1. The Hall–Kier alpha value is -0.880. The Balaban J connectivity index is 2.15. The highest BCUT2D eigenvalue weighted by Gasteiger charge is 2.36. The van der Waals surface area contributed by atoms with Crippen molar-refractivity contribution in [3.05, 3.63) is 0 Å². The van der Waals surface area contributed by atoms with Crippen molar-refractivity contribution >= 4 is 23.3 Å². The number of hydrogen-bond acceptors (Lipinski definition) is 4. The van der Waals surface area contributed by atoms with Crippen LogP contribution in [0.1, 0.15) is 12.8 Å². The second-order valence-corrected chi connectivity index (χ2v) is 4.32. The minimum atomic E-state index is -0.251. The number of nitrogens with two attached hydrogens (primary N) is 1. The fourth-order valence-corrected chi connectivity index (χ4v) is 2.17. The number of likely N-dealkylation sites (tertiary alicyclic amines) is 1. The quantitative estimate of drug-likeness (QED) is 0.460. The van der Waals surface area contributed by atoms with Crippen molar-refractivity contribution in [1.82, 2.24) is 15.5 Å². The van der Waals surface area contributed by atoms with Crippen LogP contribution in [-0.4, -0.2) is 41.8 Å². The minimum Gasteiger partial charge on any atom is -0.370 e. The van der Waals surface area contributed by atoms with Gasteiger partial charge in [0.1, 0.15) is 5.66 Å². The third-order valence-electron chi connectivity index (χ3n) is 2.74. The van der Waals surface area contributed by atoms with Crippen molar-refractivity contribution in [2.45, 2.75) is 18.5 Å². The highest BCUT2D eigenvalue weighted by Crippen LogP contribution is 2.24. The lowest BCUT2D eigenvalue weighted by Gasteiger charge is -2.41. The molecule has 1 fully saturated rings. The van der Waals surface area contributed by atoms with Crippen LogP contribution in [0.2, 0.25) is 0 Å². The maximum Gasteiger partial charge on any atom is 0.197 e. The lowest BCUT2D eigenvalue weighted by molar-refractivity contribution is 0.178. The van der Waals surface area contributed by atoms with E-state index in [9.17, 15) is 0 Å². The normalized spacial score (nSPS) is 26.6. The third-order valence-corrected chi connectivity index (χ3v) is 2.94. The SMILES string of the molecule is CN1CCC2(CC1)N=C(N)NC(=S)N2. The van der Waals surface area contributed by atoms with E-state index in [0.717, 1.165) is 25.9 Å². The zero-order chi connectivity index (χ0) is 10.2. The van der Waals surface area contributed by atoms with Gasteiger partial charge in [-0.05, 0) is 19.3 Å². The molecule has 0 aromatic rings. The standard InChI is InChI=1S/C8H15N5S/c1-13-4-2-8(3-5-13)11-6(9)10-7(14)12-8/h2-5H2,1H3,(H4,9,10,11,12,14). The van der Waals surface area contributed by atoms with E-state index in [1.165, 1.54) is 0 Å². The molecule has 5 nitrogen and oxygen atoms in total. The fourth-order valence-electron chi connectivity index (χ4n) is 1.87. The molecule has 2 aliphatic heterocycles. The van der Waals surface area contributed by atoms with E-state index >= 15 is 0 Å². The monoisotopic (exact) mass is 213 g/mol. The molecule has 0 bridgehead atoms. The number of rotatable bonds is 0. The van der Waals surface area contributed by atoms with E-state index in [1.807, 2.05) is 0 Å². The van der Waals surface area contributed by atoms with E-state index in [4.69, 9.17) is 18.0 Å². The molecule has 1 spiro atoms. The molecule has 0 aromatic heterocycles. The van der Waals surface area contributed by atoms with Crippen molar-refractivity contribution < 1.29 is 0 Å². The minimum absolute atomic E-state index is 0.251. The van der Waals surface area contributed by atoms with Crippen molar-refractivity contribution in [3.63, 3.8) is 0 Å². The molecule has 4 N–H and O–H groups in total. The first-order chi connectivity index (χ1) is 6.60. The molecule has 0 aromatic carbocycles. The molecule has 0 aliphatic carbocycles. The van der Waals surface area contributed by atoms with Gasteiger partial charge < -0.3 is 21.3 Å². The number of nitrogens with zero attached hydrogens (tertiary/aromatic N) is 2. The summed E-state index contributed by atoms with van der Waals surface area (Å²) in [6, 6.07) is 0.